The van der Waals surface area contributed by atoms with Crippen LogP contribution in [0.2, 0.25) is 0 Å². The molecule has 1 fully saturated rings. The Bertz CT molecular complexity index is 913. The van der Waals surface area contributed by atoms with Crippen molar-refractivity contribution in [2.45, 2.75) is 24.2 Å². The van der Waals surface area contributed by atoms with E-state index in [1.807, 2.05) is 18.0 Å². The molecule has 1 N–H and O–H groups in total. The molecular weight excluding hydrogens is 360 g/mol. The molecule has 3 aromatic carbocycles. The Kier molecular flexibility index (Phi) is 6.15. The first-order chi connectivity index (χ1) is 13.8. The first-order valence-corrected chi connectivity index (χ1v) is 10.7. The molecular formula is C25H26N2S. The number of nitrogens with one attached hydrogen (secondary N) is 1. The Morgan fingerprint density at radius 3 is 2.14 bits per heavy atom. The average Bonchev–Trinajstić information content (AvgIpc) is 2.76. The first-order valence-electron chi connectivity index (χ1n) is 9.93. The van der Waals surface area contributed by atoms with Gasteiger partial charge < -0.3 is 5.32 Å². The molecule has 0 aliphatic carbocycles. The van der Waals surface area contributed by atoms with E-state index >= 15 is 0 Å². The highest BCUT2D eigenvalue weighted by molar-refractivity contribution is 7.97. The molecule has 0 aromatic heterocycles. The van der Waals surface area contributed by atoms with Gasteiger partial charge in [-0.2, -0.15) is 0 Å². The number of para-hydroxylation sites is 1. The standard InChI is InChI=1S/C25H26N2S/c1-20(21-14-16-23(17-15-21)22-10-4-2-5-11-22)26-24-12-6-7-13-25(24)28-27-18-8-3-9-19-27/h2,4-7,10-17,26H,1,3,8-9,18-19H2. The highest BCUT2D eigenvalue weighted by Crippen LogP contribution is 2.33. The Morgan fingerprint density at radius 2 is 1.39 bits per heavy atom. The van der Waals surface area contributed by atoms with Gasteiger partial charge in [0, 0.05) is 23.7 Å². The van der Waals surface area contributed by atoms with Crippen molar-refractivity contribution in [2.24, 2.45) is 0 Å². The molecule has 1 heterocycles. The summed E-state index contributed by atoms with van der Waals surface area (Å²) in [5, 5.41) is 3.53. The lowest BCUT2D eigenvalue weighted by molar-refractivity contribution is 0.380. The number of rotatable bonds is 6. The molecule has 2 nitrogen and oxygen atoms in total. The second-order valence-electron chi connectivity index (χ2n) is 7.12. The van der Waals surface area contributed by atoms with Gasteiger partial charge in [-0.1, -0.05) is 79.7 Å². The maximum absolute atomic E-state index is 4.28. The lowest BCUT2D eigenvalue weighted by atomic mass is 10.0. The van der Waals surface area contributed by atoms with Gasteiger partial charge in [0.1, 0.15) is 0 Å². The van der Waals surface area contributed by atoms with Gasteiger partial charge in [0.2, 0.25) is 0 Å². The zero-order valence-electron chi connectivity index (χ0n) is 16.1. The van der Waals surface area contributed by atoms with E-state index in [0.29, 0.717) is 0 Å². The summed E-state index contributed by atoms with van der Waals surface area (Å²) in [5.41, 5.74) is 5.60. The van der Waals surface area contributed by atoms with Gasteiger partial charge in [-0.25, -0.2) is 4.31 Å². The van der Waals surface area contributed by atoms with Crippen molar-refractivity contribution in [1.82, 2.24) is 4.31 Å². The third-order valence-electron chi connectivity index (χ3n) is 5.06. The zero-order chi connectivity index (χ0) is 19.2. The van der Waals surface area contributed by atoms with Gasteiger partial charge in [-0.3, -0.25) is 0 Å². The van der Waals surface area contributed by atoms with Crippen LogP contribution < -0.4 is 5.32 Å². The van der Waals surface area contributed by atoms with Crippen LogP contribution in [-0.2, 0) is 0 Å². The summed E-state index contributed by atoms with van der Waals surface area (Å²) in [5.74, 6) is 0. The van der Waals surface area contributed by atoms with Gasteiger partial charge in [0.05, 0.1) is 5.69 Å². The fourth-order valence-electron chi connectivity index (χ4n) is 3.47. The summed E-state index contributed by atoms with van der Waals surface area (Å²) in [7, 11) is 0. The number of hydrogen-bond acceptors (Lipinski definition) is 3. The summed E-state index contributed by atoms with van der Waals surface area (Å²) in [6.07, 6.45) is 3.94. The van der Waals surface area contributed by atoms with Crippen molar-refractivity contribution < 1.29 is 0 Å². The number of benzene rings is 3. The molecule has 4 rings (SSSR count). The summed E-state index contributed by atoms with van der Waals surface area (Å²) >= 11 is 1.86. The van der Waals surface area contributed by atoms with E-state index in [1.165, 1.54) is 48.4 Å². The number of piperidine rings is 1. The Morgan fingerprint density at radius 1 is 0.750 bits per heavy atom. The van der Waals surface area contributed by atoms with Gasteiger partial charge >= 0.3 is 0 Å². The van der Waals surface area contributed by atoms with Gasteiger partial charge in [0.15, 0.2) is 0 Å². The summed E-state index contributed by atoms with van der Waals surface area (Å²) in [6, 6.07) is 27.6. The topological polar surface area (TPSA) is 15.3 Å². The molecule has 28 heavy (non-hydrogen) atoms. The van der Waals surface area contributed by atoms with E-state index in [0.717, 1.165) is 16.9 Å². The quantitative estimate of drug-likeness (QED) is 0.462. The van der Waals surface area contributed by atoms with Gasteiger partial charge in [-0.05, 0) is 53.6 Å². The van der Waals surface area contributed by atoms with Crippen molar-refractivity contribution >= 4 is 23.3 Å². The molecule has 0 atom stereocenters. The second-order valence-corrected chi connectivity index (χ2v) is 8.26. The predicted molar refractivity (Wildman–Crippen MR) is 122 cm³/mol. The van der Waals surface area contributed by atoms with Crippen molar-refractivity contribution in [3.05, 3.63) is 91.0 Å². The largest absolute Gasteiger partial charge is 0.355 e. The van der Waals surface area contributed by atoms with E-state index in [9.17, 15) is 0 Å². The number of hydrogen-bond donors (Lipinski definition) is 1. The number of nitrogens with zero attached hydrogens (tertiary/aromatic N) is 1. The molecule has 3 heteroatoms. The Hall–Kier alpha value is -2.49. The van der Waals surface area contributed by atoms with Crippen molar-refractivity contribution in [2.75, 3.05) is 18.4 Å². The van der Waals surface area contributed by atoms with Crippen LogP contribution in [0.4, 0.5) is 5.69 Å². The first kappa shape index (κ1) is 18.9. The zero-order valence-corrected chi connectivity index (χ0v) is 16.9. The molecule has 0 saturated carbocycles. The highest BCUT2D eigenvalue weighted by Gasteiger charge is 2.14. The molecule has 142 valence electrons. The Labute approximate surface area is 172 Å². The van der Waals surface area contributed by atoms with Crippen LogP contribution in [0.25, 0.3) is 16.8 Å². The smallest absolute Gasteiger partial charge is 0.0535 e. The Balaban J connectivity index is 1.46. The minimum Gasteiger partial charge on any atom is -0.355 e. The summed E-state index contributed by atoms with van der Waals surface area (Å²) < 4.78 is 2.47. The molecule has 0 radical (unpaired) electrons. The van der Waals surface area contributed by atoms with Crippen LogP contribution in [0, 0.1) is 0 Å². The van der Waals surface area contributed by atoms with Crippen LogP contribution in [0.15, 0.2) is 90.3 Å². The van der Waals surface area contributed by atoms with Crippen LogP contribution in [0.1, 0.15) is 24.8 Å². The third kappa shape index (κ3) is 4.67. The van der Waals surface area contributed by atoms with E-state index in [-0.39, 0.29) is 0 Å². The van der Waals surface area contributed by atoms with E-state index < -0.39 is 0 Å². The SMILES string of the molecule is C=C(Nc1ccccc1SN1CCCCC1)c1ccc(-c2ccccc2)cc1. The fraction of sp³-hybridized carbons (Fsp3) is 0.200. The predicted octanol–water partition coefficient (Wildman–Crippen LogP) is 6.93. The van der Waals surface area contributed by atoms with Crippen LogP contribution >= 0.6 is 11.9 Å². The highest BCUT2D eigenvalue weighted by atomic mass is 32.2. The van der Waals surface area contributed by atoms with Crippen molar-refractivity contribution in [1.29, 1.82) is 0 Å². The molecule has 3 aromatic rings. The lowest BCUT2D eigenvalue weighted by Crippen LogP contribution is -2.22. The molecule has 0 bridgehead atoms. The van der Waals surface area contributed by atoms with Crippen molar-refractivity contribution in [3.8, 4) is 11.1 Å². The molecule has 1 aliphatic heterocycles. The molecule has 1 aliphatic rings. The normalized spacial score (nSPS) is 14.6. The van der Waals surface area contributed by atoms with E-state index in [2.05, 4.69) is 89.0 Å². The molecule has 0 spiro atoms. The number of anilines is 1. The van der Waals surface area contributed by atoms with E-state index in [4.69, 9.17) is 0 Å². The fourth-order valence-corrected chi connectivity index (χ4v) is 4.55. The summed E-state index contributed by atoms with van der Waals surface area (Å²) in [4.78, 5) is 1.26. The maximum atomic E-state index is 4.28. The minimum atomic E-state index is 0.923. The van der Waals surface area contributed by atoms with Crippen LogP contribution in [-0.4, -0.2) is 17.4 Å². The lowest BCUT2D eigenvalue weighted by Gasteiger charge is -2.26. The maximum Gasteiger partial charge on any atom is 0.0535 e. The third-order valence-corrected chi connectivity index (χ3v) is 6.23. The monoisotopic (exact) mass is 386 g/mol. The average molecular weight is 387 g/mol. The van der Waals surface area contributed by atoms with Crippen molar-refractivity contribution in [3.63, 3.8) is 0 Å². The van der Waals surface area contributed by atoms with Gasteiger partial charge in [0.25, 0.3) is 0 Å². The molecule has 0 unspecified atom stereocenters. The van der Waals surface area contributed by atoms with Gasteiger partial charge in [-0.15, -0.1) is 0 Å². The molecule has 1 saturated heterocycles. The second kappa shape index (κ2) is 9.13. The van der Waals surface area contributed by atoms with Crippen LogP contribution in [0.5, 0.6) is 0 Å². The minimum absolute atomic E-state index is 0.923. The van der Waals surface area contributed by atoms with Crippen LogP contribution in [0.3, 0.4) is 0 Å². The molecule has 0 amide bonds. The van der Waals surface area contributed by atoms with E-state index in [1.54, 1.807) is 0 Å². The summed E-state index contributed by atoms with van der Waals surface area (Å²) in [6.45, 7) is 6.61.